The van der Waals surface area contributed by atoms with E-state index in [0.717, 1.165) is 40.5 Å². The standard InChI is InChI=1S/C25H23NO4/c1-27-20-10-7-18(8-11-20)25(26-30-15-17-5-3-2-4-6-17)22-14-21(22)19-9-12-23-24(13-19)29-16-28-23/h2-13,21-22H,14-16H2,1H3/b26-25-/t21-,22-/m1/s1. The van der Waals surface area contributed by atoms with Crippen LogP contribution in [0, 0.1) is 5.92 Å². The van der Waals surface area contributed by atoms with E-state index in [-0.39, 0.29) is 0 Å². The van der Waals surface area contributed by atoms with Gasteiger partial charge in [-0.25, -0.2) is 0 Å². The Kier molecular flexibility index (Phi) is 5.01. The Hall–Kier alpha value is -3.47. The summed E-state index contributed by atoms with van der Waals surface area (Å²) in [6, 6.07) is 24.3. The maximum atomic E-state index is 5.76. The maximum Gasteiger partial charge on any atom is 0.231 e. The molecule has 0 N–H and O–H groups in total. The fourth-order valence-corrected chi connectivity index (χ4v) is 3.86. The molecule has 0 spiro atoms. The van der Waals surface area contributed by atoms with Gasteiger partial charge in [-0.3, -0.25) is 0 Å². The zero-order chi connectivity index (χ0) is 20.3. The van der Waals surface area contributed by atoms with Gasteiger partial charge < -0.3 is 19.0 Å². The van der Waals surface area contributed by atoms with Gasteiger partial charge in [-0.2, -0.15) is 0 Å². The zero-order valence-corrected chi connectivity index (χ0v) is 16.8. The second kappa shape index (κ2) is 8.11. The summed E-state index contributed by atoms with van der Waals surface area (Å²) in [5.41, 5.74) is 4.36. The lowest BCUT2D eigenvalue weighted by molar-refractivity contribution is 0.130. The van der Waals surface area contributed by atoms with Gasteiger partial charge in [-0.15, -0.1) is 0 Å². The van der Waals surface area contributed by atoms with Crippen LogP contribution in [0.5, 0.6) is 17.2 Å². The number of rotatable bonds is 7. The van der Waals surface area contributed by atoms with Gasteiger partial charge in [0, 0.05) is 5.92 Å². The van der Waals surface area contributed by atoms with E-state index in [1.165, 1.54) is 5.56 Å². The molecule has 3 aromatic rings. The molecule has 1 aliphatic carbocycles. The lowest BCUT2D eigenvalue weighted by atomic mass is 10.0. The fraction of sp³-hybridized carbons (Fsp3) is 0.240. The zero-order valence-electron chi connectivity index (χ0n) is 16.8. The van der Waals surface area contributed by atoms with Crippen LogP contribution in [0.1, 0.15) is 29.0 Å². The third-order valence-electron chi connectivity index (χ3n) is 5.59. The van der Waals surface area contributed by atoms with Crippen LogP contribution in [0.2, 0.25) is 0 Å². The van der Waals surface area contributed by atoms with Crippen molar-refractivity contribution in [2.24, 2.45) is 11.1 Å². The first-order valence-corrected chi connectivity index (χ1v) is 10.1. The first-order chi connectivity index (χ1) is 14.8. The Bertz CT molecular complexity index is 1050. The SMILES string of the molecule is COc1ccc(/C(=N/OCc2ccccc2)[C@@H]2C[C@@H]2c2ccc3c(c2)OCO3)cc1. The number of hydrogen-bond acceptors (Lipinski definition) is 5. The molecule has 5 rings (SSSR count). The molecule has 1 aliphatic heterocycles. The summed E-state index contributed by atoms with van der Waals surface area (Å²) in [6.45, 7) is 0.737. The molecule has 1 fully saturated rings. The summed E-state index contributed by atoms with van der Waals surface area (Å²) in [7, 11) is 1.67. The van der Waals surface area contributed by atoms with E-state index in [2.05, 4.69) is 17.3 Å². The maximum absolute atomic E-state index is 5.76. The van der Waals surface area contributed by atoms with Crippen LogP contribution in [-0.2, 0) is 11.4 Å². The molecule has 0 bridgehead atoms. The van der Waals surface area contributed by atoms with Crippen molar-refractivity contribution in [2.75, 3.05) is 13.9 Å². The summed E-state index contributed by atoms with van der Waals surface area (Å²) in [6.07, 6.45) is 1.03. The van der Waals surface area contributed by atoms with Crippen molar-refractivity contribution in [3.05, 3.63) is 89.5 Å². The monoisotopic (exact) mass is 401 g/mol. The number of nitrogens with zero attached hydrogens (tertiary/aromatic N) is 1. The van der Waals surface area contributed by atoms with E-state index in [4.69, 9.17) is 19.0 Å². The van der Waals surface area contributed by atoms with Crippen molar-refractivity contribution in [3.8, 4) is 17.2 Å². The molecule has 30 heavy (non-hydrogen) atoms. The van der Waals surface area contributed by atoms with Crippen LogP contribution >= 0.6 is 0 Å². The molecule has 0 amide bonds. The van der Waals surface area contributed by atoms with Gasteiger partial charge in [-0.05, 0) is 65.4 Å². The van der Waals surface area contributed by atoms with E-state index in [1.54, 1.807) is 7.11 Å². The number of hydrogen-bond donors (Lipinski definition) is 0. The smallest absolute Gasteiger partial charge is 0.231 e. The summed E-state index contributed by atoms with van der Waals surface area (Å²) in [4.78, 5) is 5.76. The lowest BCUT2D eigenvalue weighted by Crippen LogP contribution is -2.07. The predicted molar refractivity (Wildman–Crippen MR) is 114 cm³/mol. The van der Waals surface area contributed by atoms with Crippen LogP contribution in [0.4, 0.5) is 0 Å². The van der Waals surface area contributed by atoms with E-state index in [1.807, 2.05) is 60.7 Å². The average Bonchev–Trinajstić information content (AvgIpc) is 3.45. The van der Waals surface area contributed by atoms with E-state index in [9.17, 15) is 0 Å². The molecular weight excluding hydrogens is 378 g/mol. The second-order valence-corrected chi connectivity index (χ2v) is 7.53. The molecule has 3 aromatic carbocycles. The first kappa shape index (κ1) is 18.6. The number of fused-ring (bicyclic) bond motifs is 1. The van der Waals surface area contributed by atoms with Crippen molar-refractivity contribution in [1.29, 1.82) is 0 Å². The third kappa shape index (κ3) is 3.83. The highest BCUT2D eigenvalue weighted by molar-refractivity contribution is 6.04. The Balaban J connectivity index is 1.37. The molecule has 0 aromatic heterocycles. The van der Waals surface area contributed by atoms with Gasteiger partial charge in [0.05, 0.1) is 12.8 Å². The van der Waals surface area contributed by atoms with Gasteiger partial charge in [-0.1, -0.05) is 41.6 Å². The van der Waals surface area contributed by atoms with Crippen LogP contribution in [0.3, 0.4) is 0 Å². The summed E-state index contributed by atoms with van der Waals surface area (Å²) < 4.78 is 16.3. The Labute approximate surface area is 175 Å². The first-order valence-electron chi connectivity index (χ1n) is 10.1. The van der Waals surface area contributed by atoms with Crippen LogP contribution in [0.15, 0.2) is 78.0 Å². The molecule has 5 nitrogen and oxygen atoms in total. The van der Waals surface area contributed by atoms with Gasteiger partial charge in [0.25, 0.3) is 0 Å². The number of oxime groups is 1. The highest BCUT2D eigenvalue weighted by Crippen LogP contribution is 2.51. The summed E-state index contributed by atoms with van der Waals surface area (Å²) in [5, 5.41) is 4.57. The summed E-state index contributed by atoms with van der Waals surface area (Å²) in [5.74, 6) is 3.15. The average molecular weight is 401 g/mol. The van der Waals surface area contributed by atoms with Crippen LogP contribution in [-0.4, -0.2) is 19.6 Å². The predicted octanol–water partition coefficient (Wildman–Crippen LogP) is 5.15. The molecule has 1 heterocycles. The van der Waals surface area contributed by atoms with Crippen molar-refractivity contribution in [2.45, 2.75) is 18.9 Å². The molecule has 5 heteroatoms. The molecular formula is C25H23NO4. The third-order valence-corrected chi connectivity index (χ3v) is 5.59. The number of ether oxygens (including phenoxy) is 3. The highest BCUT2D eigenvalue weighted by atomic mass is 16.7. The van der Waals surface area contributed by atoms with Crippen LogP contribution in [0.25, 0.3) is 0 Å². The van der Waals surface area contributed by atoms with Crippen molar-refractivity contribution in [3.63, 3.8) is 0 Å². The minimum atomic E-state index is 0.290. The quantitative estimate of drug-likeness (QED) is 0.406. The largest absolute Gasteiger partial charge is 0.497 e. The topological polar surface area (TPSA) is 49.3 Å². The Morgan fingerprint density at radius 3 is 2.57 bits per heavy atom. The van der Waals surface area contributed by atoms with Crippen LogP contribution < -0.4 is 14.2 Å². The minimum absolute atomic E-state index is 0.290. The lowest BCUT2D eigenvalue weighted by Gasteiger charge is -2.09. The number of benzene rings is 3. The summed E-state index contributed by atoms with van der Waals surface area (Å²) >= 11 is 0. The highest BCUT2D eigenvalue weighted by Gasteiger charge is 2.43. The molecule has 0 radical (unpaired) electrons. The second-order valence-electron chi connectivity index (χ2n) is 7.53. The number of methoxy groups -OCH3 is 1. The van der Waals surface area contributed by atoms with E-state index >= 15 is 0 Å². The fourth-order valence-electron chi connectivity index (χ4n) is 3.86. The van der Waals surface area contributed by atoms with Crippen molar-refractivity contribution < 1.29 is 19.0 Å². The van der Waals surface area contributed by atoms with Gasteiger partial charge in [0.15, 0.2) is 11.5 Å². The minimum Gasteiger partial charge on any atom is -0.497 e. The Morgan fingerprint density at radius 2 is 1.77 bits per heavy atom. The van der Waals surface area contributed by atoms with E-state index < -0.39 is 0 Å². The molecule has 2 aliphatic rings. The molecule has 2 atom stereocenters. The normalized spacial score (nSPS) is 19.4. The Morgan fingerprint density at radius 1 is 0.967 bits per heavy atom. The van der Waals surface area contributed by atoms with E-state index in [0.29, 0.717) is 25.2 Å². The van der Waals surface area contributed by atoms with Gasteiger partial charge >= 0.3 is 0 Å². The molecule has 0 saturated heterocycles. The van der Waals surface area contributed by atoms with Gasteiger partial charge in [0.2, 0.25) is 6.79 Å². The molecule has 152 valence electrons. The molecule has 1 saturated carbocycles. The van der Waals surface area contributed by atoms with Crippen molar-refractivity contribution >= 4 is 5.71 Å². The van der Waals surface area contributed by atoms with Gasteiger partial charge in [0.1, 0.15) is 12.4 Å². The van der Waals surface area contributed by atoms with Crippen molar-refractivity contribution in [1.82, 2.24) is 0 Å². The molecule has 0 unspecified atom stereocenters.